The van der Waals surface area contributed by atoms with Crippen LogP contribution in [0.15, 0.2) is 176 Å². The normalized spacial score (nSPS) is 12.4. The lowest BCUT2D eigenvalue weighted by Crippen LogP contribution is -2.37. The summed E-state index contributed by atoms with van der Waals surface area (Å²) in [6.07, 6.45) is 0. The van der Waals surface area contributed by atoms with Crippen LogP contribution in [0.25, 0.3) is 54.6 Å². The molecule has 2 nitrogen and oxygen atoms in total. The summed E-state index contributed by atoms with van der Waals surface area (Å²) in [7, 11) is -3.22. The van der Waals surface area contributed by atoms with E-state index in [1.165, 1.54) is 104 Å². The lowest BCUT2D eigenvalue weighted by molar-refractivity contribution is 0.591. The van der Waals surface area contributed by atoms with Gasteiger partial charge in [-0.15, -0.1) is 0 Å². The van der Waals surface area contributed by atoms with Gasteiger partial charge in [0, 0.05) is 27.5 Å². The molecule has 0 amide bonds. The number of aryl methyl sites for hydroxylation is 2. The molecule has 0 bridgehead atoms. The molecule has 0 atom stereocenters. The van der Waals surface area contributed by atoms with E-state index in [-0.39, 0.29) is 5.41 Å². The second-order valence-electron chi connectivity index (χ2n) is 22.9. The van der Waals surface area contributed by atoms with Crippen LogP contribution in [0.3, 0.4) is 0 Å². The summed E-state index contributed by atoms with van der Waals surface area (Å²) in [5.41, 5.74) is 18.3. The number of anilines is 6. The monoisotopic (exact) mass is 944 g/mol. The third kappa shape index (κ3) is 8.35. The summed E-state index contributed by atoms with van der Waals surface area (Å²) < 4.78 is 0. The molecule has 0 saturated carbocycles. The zero-order chi connectivity index (χ0) is 49.4. The summed E-state index contributed by atoms with van der Waals surface area (Å²) in [6.45, 7) is 30.9. The van der Waals surface area contributed by atoms with Crippen molar-refractivity contribution in [3.8, 4) is 22.3 Å². The first kappa shape index (κ1) is 47.0. The molecule has 0 saturated heterocycles. The molecule has 4 heteroatoms. The summed E-state index contributed by atoms with van der Waals surface area (Å²) in [6, 6.07) is 67.3. The van der Waals surface area contributed by atoms with Crippen molar-refractivity contribution in [2.75, 3.05) is 9.80 Å². The van der Waals surface area contributed by atoms with Crippen LogP contribution in [-0.2, 0) is 5.41 Å². The molecule has 70 heavy (non-hydrogen) atoms. The molecular formula is C66H68N2Si2. The highest BCUT2D eigenvalue weighted by Crippen LogP contribution is 2.53. The van der Waals surface area contributed by atoms with Crippen LogP contribution in [0.1, 0.15) is 48.6 Å². The molecule has 0 heterocycles. The van der Waals surface area contributed by atoms with Gasteiger partial charge in [-0.1, -0.05) is 216 Å². The fourth-order valence-electron chi connectivity index (χ4n) is 10.9. The van der Waals surface area contributed by atoms with Gasteiger partial charge in [-0.2, -0.15) is 0 Å². The second-order valence-corrected chi connectivity index (χ2v) is 33.0. The first-order chi connectivity index (χ1) is 33.3. The maximum absolute atomic E-state index is 2.60. The summed E-state index contributed by atoms with van der Waals surface area (Å²) in [4.78, 5) is 5.21. The Bertz CT molecular complexity index is 3330. The molecule has 10 aromatic rings. The van der Waals surface area contributed by atoms with Gasteiger partial charge in [0.05, 0.1) is 38.9 Å². The average Bonchev–Trinajstić information content (AvgIpc) is 3.33. The van der Waals surface area contributed by atoms with Crippen LogP contribution >= 0.6 is 0 Å². The Morgan fingerprint density at radius 3 is 1.13 bits per heavy atom. The van der Waals surface area contributed by atoms with E-state index < -0.39 is 16.1 Å². The minimum Gasteiger partial charge on any atom is -0.309 e. The van der Waals surface area contributed by atoms with Crippen molar-refractivity contribution in [3.05, 3.63) is 204 Å². The third-order valence-electron chi connectivity index (χ3n) is 14.9. The van der Waals surface area contributed by atoms with Crippen molar-refractivity contribution in [2.24, 2.45) is 0 Å². The summed E-state index contributed by atoms with van der Waals surface area (Å²) in [5, 5.41) is 10.5. The topological polar surface area (TPSA) is 6.48 Å². The zero-order valence-corrected chi connectivity index (χ0v) is 45.6. The molecule has 10 rings (SSSR count). The molecule has 0 aliphatic carbocycles. The highest BCUT2D eigenvalue weighted by molar-refractivity contribution is 6.89. The number of hydrogen-bond acceptors (Lipinski definition) is 2. The summed E-state index contributed by atoms with van der Waals surface area (Å²) in [5.74, 6) is 0. The average molecular weight is 945 g/mol. The molecule has 0 spiro atoms. The minimum atomic E-state index is -1.61. The van der Waals surface area contributed by atoms with Crippen molar-refractivity contribution in [3.63, 3.8) is 0 Å². The van der Waals surface area contributed by atoms with Crippen molar-refractivity contribution >= 4 is 93.0 Å². The Labute approximate surface area is 419 Å². The molecule has 0 aromatic heterocycles. The maximum atomic E-state index is 2.60. The van der Waals surface area contributed by atoms with Crippen molar-refractivity contribution < 1.29 is 0 Å². The van der Waals surface area contributed by atoms with Crippen molar-refractivity contribution in [1.29, 1.82) is 0 Å². The maximum Gasteiger partial charge on any atom is 0.0775 e. The third-order valence-corrected chi connectivity index (χ3v) is 19.0. The Kier molecular flexibility index (Phi) is 11.8. The smallest absolute Gasteiger partial charge is 0.0775 e. The van der Waals surface area contributed by atoms with Gasteiger partial charge in [0.1, 0.15) is 0 Å². The van der Waals surface area contributed by atoms with Gasteiger partial charge in [-0.25, -0.2) is 0 Å². The van der Waals surface area contributed by atoms with Gasteiger partial charge in [-0.3, -0.25) is 0 Å². The fraction of sp³-hybridized carbons (Fsp3) is 0.212. The van der Waals surface area contributed by atoms with E-state index in [9.17, 15) is 0 Å². The van der Waals surface area contributed by atoms with E-state index in [2.05, 4.69) is 273 Å². The van der Waals surface area contributed by atoms with E-state index in [4.69, 9.17) is 0 Å². The van der Waals surface area contributed by atoms with E-state index in [1.54, 1.807) is 0 Å². The Hall–Kier alpha value is -6.73. The molecule has 0 radical (unpaired) electrons. The predicted molar refractivity (Wildman–Crippen MR) is 314 cm³/mol. The zero-order valence-electron chi connectivity index (χ0n) is 43.6. The Balaban J connectivity index is 1.38. The molecule has 350 valence electrons. The van der Waals surface area contributed by atoms with Crippen molar-refractivity contribution in [1.82, 2.24) is 0 Å². The SMILES string of the molecule is Cc1ccc(-c2ccccc2)c(C)c1N(c1ccc([Si](C)(C)C)cc1)c1cc(N(c2ccc([Si](C)(C)C)cc2)c2c(C)ccc(-c3ccccc3)c2C)c2ccc3cc(C(C)(C)C)cc4ccc1c2c43. The molecular weight excluding hydrogens is 877 g/mol. The number of benzene rings is 10. The van der Waals surface area contributed by atoms with Gasteiger partial charge in [0.25, 0.3) is 0 Å². The van der Waals surface area contributed by atoms with Crippen LogP contribution in [0.5, 0.6) is 0 Å². The molecule has 0 aliphatic heterocycles. The minimum absolute atomic E-state index is 0.00380. The predicted octanol–water partition coefficient (Wildman–Crippen LogP) is 18.5. The van der Waals surface area contributed by atoms with Crippen LogP contribution in [-0.4, -0.2) is 16.1 Å². The highest BCUT2D eigenvalue weighted by Gasteiger charge is 2.30. The first-order valence-corrected chi connectivity index (χ1v) is 32.2. The van der Waals surface area contributed by atoms with Gasteiger partial charge >= 0.3 is 0 Å². The number of hydrogen-bond donors (Lipinski definition) is 0. The quantitative estimate of drug-likeness (QED) is 0.0996. The van der Waals surface area contributed by atoms with Crippen LogP contribution in [0, 0.1) is 27.7 Å². The second kappa shape index (κ2) is 17.6. The summed E-state index contributed by atoms with van der Waals surface area (Å²) >= 11 is 0. The van der Waals surface area contributed by atoms with Gasteiger partial charge in [0.2, 0.25) is 0 Å². The van der Waals surface area contributed by atoms with E-state index in [0.29, 0.717) is 0 Å². The van der Waals surface area contributed by atoms with Crippen LogP contribution in [0.2, 0.25) is 39.3 Å². The molecule has 0 fully saturated rings. The Morgan fingerprint density at radius 2 is 0.771 bits per heavy atom. The van der Waals surface area contributed by atoms with Crippen LogP contribution < -0.4 is 20.2 Å². The highest BCUT2D eigenvalue weighted by atomic mass is 28.3. The molecule has 10 aromatic carbocycles. The first-order valence-electron chi connectivity index (χ1n) is 25.2. The lowest BCUT2D eigenvalue weighted by Gasteiger charge is -2.35. The Morgan fingerprint density at radius 1 is 0.386 bits per heavy atom. The molecule has 0 N–H and O–H groups in total. The van der Waals surface area contributed by atoms with Crippen molar-refractivity contribution in [2.45, 2.75) is 93.2 Å². The van der Waals surface area contributed by atoms with Crippen LogP contribution in [0.4, 0.5) is 34.1 Å². The van der Waals surface area contributed by atoms with E-state index in [1.807, 2.05) is 0 Å². The number of nitrogens with zero attached hydrogens (tertiary/aromatic N) is 2. The van der Waals surface area contributed by atoms with E-state index in [0.717, 1.165) is 22.7 Å². The molecule has 0 aliphatic rings. The van der Waals surface area contributed by atoms with Gasteiger partial charge in [-0.05, 0) is 130 Å². The largest absolute Gasteiger partial charge is 0.309 e. The lowest BCUT2D eigenvalue weighted by atomic mass is 9.83. The van der Waals surface area contributed by atoms with E-state index >= 15 is 0 Å². The standard InChI is InChI=1S/C66H68N2Si2/c1-43-24-36-56(47-20-16-14-17-21-47)45(3)64(43)67(52-28-32-54(33-29-52)69(8,9)10)60-42-61(59-39-27-50-41-51(66(5,6)7)40-49-26-38-58(60)63(59)62(49)50)68(53-30-34-55(35-31-53)70(11,12)13)65-44(2)25-37-57(46(65)4)48-22-18-15-19-23-48/h14-42H,1-13H3. The van der Waals surface area contributed by atoms with Gasteiger partial charge in [0.15, 0.2) is 0 Å². The van der Waals surface area contributed by atoms with Gasteiger partial charge < -0.3 is 9.80 Å². The fourth-order valence-corrected chi connectivity index (χ4v) is 13.2. The molecule has 0 unspecified atom stereocenters. The number of rotatable bonds is 10.